The quantitative estimate of drug-likeness (QED) is 0.757. The van der Waals surface area contributed by atoms with E-state index in [1.54, 1.807) is 0 Å². The zero-order valence-electron chi connectivity index (χ0n) is 13.8. The van der Waals surface area contributed by atoms with Crippen LogP contribution in [0.25, 0.3) is 0 Å². The molecule has 1 heterocycles. The van der Waals surface area contributed by atoms with Crippen molar-refractivity contribution < 1.29 is 19.1 Å². The Balaban J connectivity index is 2.21. The summed E-state index contributed by atoms with van der Waals surface area (Å²) in [6.45, 7) is 3.62. The van der Waals surface area contributed by atoms with Crippen molar-refractivity contribution in [3.8, 4) is 11.5 Å². The first-order valence-electron chi connectivity index (χ1n) is 7.25. The molecule has 0 aliphatic heterocycles. The molecule has 0 unspecified atom stereocenters. The third-order valence-electron chi connectivity index (χ3n) is 3.01. The Kier molecular flexibility index (Phi) is 6.16. The van der Waals surface area contributed by atoms with Crippen molar-refractivity contribution in [2.45, 2.75) is 19.8 Å². The fraction of sp³-hybridized carbons (Fsp3) is 0.333. The highest BCUT2D eigenvalue weighted by Gasteiger charge is 2.18. The molecule has 2 amide bonds. The van der Waals surface area contributed by atoms with Gasteiger partial charge in [0.05, 0.1) is 12.1 Å². The number of primary amides is 1. The number of carbonyl (C=O) groups is 2. The summed E-state index contributed by atoms with van der Waals surface area (Å²) in [5.74, 6) is -0.513. The van der Waals surface area contributed by atoms with E-state index in [1.807, 2.05) is 13.8 Å². The van der Waals surface area contributed by atoms with E-state index >= 15 is 0 Å². The Labute approximate surface area is 153 Å². The van der Waals surface area contributed by atoms with Crippen LogP contribution in [-0.2, 0) is 4.79 Å². The summed E-state index contributed by atoms with van der Waals surface area (Å²) in [6.07, 6.45) is 0. The van der Waals surface area contributed by atoms with Crippen molar-refractivity contribution in [3.63, 3.8) is 0 Å². The fourth-order valence-electron chi connectivity index (χ4n) is 1.82. The molecule has 2 aromatic rings. The van der Waals surface area contributed by atoms with Gasteiger partial charge in [-0.3, -0.25) is 14.9 Å². The lowest BCUT2D eigenvalue weighted by Gasteiger charge is -2.13. The molecule has 3 N–H and O–H groups in total. The van der Waals surface area contributed by atoms with Crippen molar-refractivity contribution in [2.75, 3.05) is 19.0 Å². The van der Waals surface area contributed by atoms with Gasteiger partial charge in [-0.2, -0.15) is 0 Å². The van der Waals surface area contributed by atoms with Crippen LogP contribution < -0.4 is 20.5 Å². The normalized spacial score (nSPS) is 10.6. The van der Waals surface area contributed by atoms with Gasteiger partial charge in [0.1, 0.15) is 5.01 Å². The number of halogens is 1. The molecule has 0 fully saturated rings. The number of aromatic nitrogens is 2. The first kappa shape index (κ1) is 18.9. The van der Waals surface area contributed by atoms with Crippen LogP contribution in [0.1, 0.15) is 35.1 Å². The fourth-order valence-corrected chi connectivity index (χ4v) is 2.83. The number of anilines is 1. The molecule has 0 atom stereocenters. The average molecular weight is 385 g/mol. The molecule has 0 saturated heterocycles. The summed E-state index contributed by atoms with van der Waals surface area (Å²) in [4.78, 5) is 23.2. The Bertz CT molecular complexity index is 794. The number of nitrogens with two attached hydrogens (primary N) is 1. The molecular weight excluding hydrogens is 368 g/mol. The number of nitrogens with zero attached hydrogens (tertiary/aromatic N) is 2. The Hall–Kier alpha value is -2.39. The zero-order chi connectivity index (χ0) is 18.6. The second kappa shape index (κ2) is 8.13. The van der Waals surface area contributed by atoms with E-state index in [2.05, 4.69) is 15.5 Å². The van der Waals surface area contributed by atoms with Crippen molar-refractivity contribution in [2.24, 2.45) is 5.73 Å². The second-order valence-electron chi connectivity index (χ2n) is 5.30. The molecule has 0 saturated carbocycles. The van der Waals surface area contributed by atoms with Crippen LogP contribution in [0.4, 0.5) is 5.13 Å². The Morgan fingerprint density at radius 2 is 2.08 bits per heavy atom. The molecule has 134 valence electrons. The summed E-state index contributed by atoms with van der Waals surface area (Å²) in [7, 11) is 1.39. The number of rotatable bonds is 7. The van der Waals surface area contributed by atoms with Crippen molar-refractivity contribution in [1.29, 1.82) is 0 Å². The average Bonchev–Trinajstić information content (AvgIpc) is 3.01. The standard InChI is InChI=1S/C15H17ClN4O4S/c1-7(2)14-19-20-15(25-14)18-13(22)8-4-9(16)12(10(5-8)23-3)24-6-11(17)21/h4-5,7H,6H2,1-3H3,(H2,17,21)(H,18,20,22). The smallest absolute Gasteiger partial charge is 0.257 e. The number of hydrogen-bond acceptors (Lipinski definition) is 7. The molecule has 0 bridgehead atoms. The van der Waals surface area contributed by atoms with E-state index in [0.717, 1.165) is 5.01 Å². The first-order chi connectivity index (χ1) is 11.8. The second-order valence-corrected chi connectivity index (χ2v) is 6.72. The highest BCUT2D eigenvalue weighted by molar-refractivity contribution is 7.15. The number of methoxy groups -OCH3 is 1. The van der Waals surface area contributed by atoms with Gasteiger partial charge in [0.2, 0.25) is 5.13 Å². The highest BCUT2D eigenvalue weighted by atomic mass is 35.5. The van der Waals surface area contributed by atoms with Gasteiger partial charge in [-0.1, -0.05) is 36.8 Å². The van der Waals surface area contributed by atoms with E-state index in [0.29, 0.717) is 5.13 Å². The lowest BCUT2D eigenvalue weighted by Crippen LogP contribution is -2.20. The first-order valence-corrected chi connectivity index (χ1v) is 8.44. The lowest BCUT2D eigenvalue weighted by molar-refractivity contribution is -0.119. The maximum atomic E-state index is 12.4. The minimum absolute atomic E-state index is 0.117. The van der Waals surface area contributed by atoms with Crippen LogP contribution >= 0.6 is 22.9 Å². The third kappa shape index (κ3) is 4.80. The summed E-state index contributed by atoms with van der Waals surface area (Å²) in [6, 6.07) is 2.85. The summed E-state index contributed by atoms with van der Waals surface area (Å²) < 4.78 is 10.4. The molecule has 8 nitrogen and oxygen atoms in total. The molecule has 10 heteroatoms. The lowest BCUT2D eigenvalue weighted by atomic mass is 10.2. The van der Waals surface area contributed by atoms with Gasteiger partial charge in [-0.05, 0) is 12.1 Å². The Morgan fingerprint density at radius 1 is 1.36 bits per heavy atom. The predicted molar refractivity (Wildman–Crippen MR) is 94.6 cm³/mol. The molecular formula is C15H17ClN4O4S. The van der Waals surface area contributed by atoms with E-state index < -0.39 is 11.8 Å². The number of benzene rings is 1. The van der Waals surface area contributed by atoms with Gasteiger partial charge in [0.25, 0.3) is 11.8 Å². The van der Waals surface area contributed by atoms with Crippen LogP contribution in [0, 0.1) is 0 Å². The van der Waals surface area contributed by atoms with Crippen LogP contribution in [0.3, 0.4) is 0 Å². The van der Waals surface area contributed by atoms with Gasteiger partial charge in [0.15, 0.2) is 18.1 Å². The monoisotopic (exact) mass is 384 g/mol. The summed E-state index contributed by atoms with van der Waals surface area (Å²) in [5.41, 5.74) is 5.29. The third-order valence-corrected chi connectivity index (χ3v) is 4.43. The van der Waals surface area contributed by atoms with E-state index in [1.165, 1.54) is 30.6 Å². The maximum Gasteiger partial charge on any atom is 0.257 e. The van der Waals surface area contributed by atoms with Gasteiger partial charge >= 0.3 is 0 Å². The Morgan fingerprint density at radius 3 is 2.64 bits per heavy atom. The SMILES string of the molecule is COc1cc(C(=O)Nc2nnc(C(C)C)s2)cc(Cl)c1OCC(N)=O. The number of ether oxygens (including phenoxy) is 2. The van der Waals surface area contributed by atoms with E-state index in [-0.39, 0.29) is 34.6 Å². The molecule has 0 radical (unpaired) electrons. The van der Waals surface area contributed by atoms with E-state index in [9.17, 15) is 9.59 Å². The molecule has 25 heavy (non-hydrogen) atoms. The number of carbonyl (C=O) groups excluding carboxylic acids is 2. The van der Waals surface area contributed by atoms with Crippen LogP contribution in [0.5, 0.6) is 11.5 Å². The van der Waals surface area contributed by atoms with Gasteiger partial charge in [-0.15, -0.1) is 10.2 Å². The molecule has 0 spiro atoms. The van der Waals surface area contributed by atoms with Crippen LogP contribution in [-0.4, -0.2) is 35.7 Å². The van der Waals surface area contributed by atoms with Crippen LogP contribution in [0.15, 0.2) is 12.1 Å². The molecule has 2 rings (SSSR count). The van der Waals surface area contributed by atoms with Crippen LogP contribution in [0.2, 0.25) is 5.02 Å². The number of hydrogen-bond donors (Lipinski definition) is 2. The summed E-state index contributed by atoms with van der Waals surface area (Å²) >= 11 is 7.43. The summed E-state index contributed by atoms with van der Waals surface area (Å²) in [5, 5.41) is 11.9. The zero-order valence-corrected chi connectivity index (χ0v) is 15.4. The van der Waals surface area contributed by atoms with Gasteiger partial charge in [-0.25, -0.2) is 0 Å². The van der Waals surface area contributed by atoms with E-state index in [4.69, 9.17) is 26.8 Å². The van der Waals surface area contributed by atoms with Crippen molar-refractivity contribution in [1.82, 2.24) is 10.2 Å². The van der Waals surface area contributed by atoms with Crippen molar-refractivity contribution >= 4 is 39.9 Å². The molecule has 0 aliphatic carbocycles. The minimum atomic E-state index is -0.655. The largest absolute Gasteiger partial charge is 0.493 e. The minimum Gasteiger partial charge on any atom is -0.493 e. The molecule has 1 aromatic carbocycles. The predicted octanol–water partition coefficient (Wildman–Crippen LogP) is 2.44. The molecule has 1 aromatic heterocycles. The van der Waals surface area contributed by atoms with Gasteiger partial charge < -0.3 is 15.2 Å². The highest BCUT2D eigenvalue weighted by Crippen LogP contribution is 2.36. The number of nitrogens with one attached hydrogen (secondary N) is 1. The van der Waals surface area contributed by atoms with Gasteiger partial charge in [0, 0.05) is 11.5 Å². The topological polar surface area (TPSA) is 116 Å². The molecule has 0 aliphatic rings. The van der Waals surface area contributed by atoms with Crippen molar-refractivity contribution in [3.05, 3.63) is 27.7 Å². The maximum absolute atomic E-state index is 12.4. The number of amides is 2.